The Morgan fingerprint density at radius 3 is 2.37 bits per heavy atom. The van der Waals surface area contributed by atoms with Crippen molar-refractivity contribution in [1.82, 2.24) is 4.98 Å². The molecule has 0 radical (unpaired) electrons. The molecule has 0 saturated heterocycles. The van der Waals surface area contributed by atoms with Crippen molar-refractivity contribution in [2.45, 2.75) is 4.34 Å². The Bertz CT molecular complexity index is 702. The maximum atomic E-state index is 11.3. The summed E-state index contributed by atoms with van der Waals surface area (Å²) in [6.45, 7) is 0. The number of ether oxygens (including phenoxy) is 1. The zero-order valence-corrected chi connectivity index (χ0v) is 11.9. The third kappa shape index (κ3) is 2.99. The summed E-state index contributed by atoms with van der Waals surface area (Å²) in [4.78, 5) is 15.3. The number of thiazole rings is 1. The number of esters is 1. The molecule has 0 aliphatic heterocycles. The number of benzene rings is 1. The van der Waals surface area contributed by atoms with E-state index in [2.05, 4.69) is 9.72 Å². The number of rotatable bonds is 3. The Kier molecular flexibility index (Phi) is 3.68. The summed E-state index contributed by atoms with van der Waals surface area (Å²) < 4.78 is 27.4. The van der Waals surface area contributed by atoms with Gasteiger partial charge in [0, 0.05) is 17.2 Å². The molecule has 0 aliphatic rings. The van der Waals surface area contributed by atoms with Crippen LogP contribution in [0.1, 0.15) is 10.4 Å². The number of hydrogen-bond donors (Lipinski definition) is 0. The number of aromatic nitrogens is 1. The Morgan fingerprint density at radius 1 is 1.26 bits per heavy atom. The van der Waals surface area contributed by atoms with Crippen LogP contribution in [-0.4, -0.2) is 32.7 Å². The Hall–Kier alpha value is -1.73. The highest BCUT2D eigenvalue weighted by Crippen LogP contribution is 2.24. The van der Waals surface area contributed by atoms with Crippen LogP contribution < -0.4 is 0 Å². The number of carbonyl (C=O) groups excluding carboxylic acids is 1. The number of nitrogens with zero attached hydrogens (tertiary/aromatic N) is 1. The van der Waals surface area contributed by atoms with Crippen molar-refractivity contribution in [1.29, 1.82) is 0 Å². The summed E-state index contributed by atoms with van der Waals surface area (Å²) in [5.74, 6) is -0.415. The lowest BCUT2D eigenvalue weighted by molar-refractivity contribution is 0.0601. The molecule has 1 aromatic carbocycles. The molecule has 0 spiro atoms. The zero-order chi connectivity index (χ0) is 14.0. The van der Waals surface area contributed by atoms with Crippen LogP contribution in [-0.2, 0) is 14.6 Å². The van der Waals surface area contributed by atoms with Crippen LogP contribution in [0.15, 0.2) is 34.0 Å². The third-order valence-corrected chi connectivity index (χ3v) is 4.96. The molecule has 100 valence electrons. The van der Waals surface area contributed by atoms with E-state index in [9.17, 15) is 13.2 Å². The number of hydrogen-bond acceptors (Lipinski definition) is 6. The van der Waals surface area contributed by atoms with Gasteiger partial charge < -0.3 is 4.74 Å². The number of sulfone groups is 1. The van der Waals surface area contributed by atoms with Crippen LogP contribution in [0, 0.1) is 0 Å². The van der Waals surface area contributed by atoms with Crippen LogP contribution in [0.3, 0.4) is 0 Å². The first-order chi connectivity index (χ1) is 8.91. The molecule has 0 atom stereocenters. The second kappa shape index (κ2) is 5.10. The first kappa shape index (κ1) is 13.7. The van der Waals surface area contributed by atoms with Gasteiger partial charge in [-0.1, -0.05) is 12.1 Å². The average molecular weight is 297 g/mol. The summed E-state index contributed by atoms with van der Waals surface area (Å²) >= 11 is 1.08. The molecule has 0 unspecified atom stereocenters. The maximum absolute atomic E-state index is 11.3. The summed E-state index contributed by atoms with van der Waals surface area (Å²) in [5.41, 5.74) is 1.76. The maximum Gasteiger partial charge on any atom is 0.337 e. The van der Waals surface area contributed by atoms with Gasteiger partial charge in [0.05, 0.1) is 18.4 Å². The Balaban J connectivity index is 2.33. The lowest BCUT2D eigenvalue weighted by Gasteiger charge is -2.00. The van der Waals surface area contributed by atoms with E-state index in [0.717, 1.165) is 23.2 Å². The van der Waals surface area contributed by atoms with E-state index in [1.54, 1.807) is 29.6 Å². The van der Waals surface area contributed by atoms with E-state index in [1.165, 1.54) is 7.11 Å². The normalized spacial score (nSPS) is 11.3. The van der Waals surface area contributed by atoms with Gasteiger partial charge >= 0.3 is 5.97 Å². The molecule has 1 heterocycles. The van der Waals surface area contributed by atoms with E-state index >= 15 is 0 Å². The van der Waals surface area contributed by atoms with Gasteiger partial charge in [-0.05, 0) is 12.1 Å². The third-order valence-electron chi connectivity index (χ3n) is 2.40. The molecule has 19 heavy (non-hydrogen) atoms. The van der Waals surface area contributed by atoms with Crippen LogP contribution >= 0.6 is 11.3 Å². The summed E-state index contributed by atoms with van der Waals surface area (Å²) in [6.07, 6.45) is 1.12. The topological polar surface area (TPSA) is 73.3 Å². The number of carbonyl (C=O) groups is 1. The summed E-state index contributed by atoms with van der Waals surface area (Å²) in [5, 5.41) is 1.67. The van der Waals surface area contributed by atoms with Gasteiger partial charge in [-0.25, -0.2) is 18.2 Å². The van der Waals surface area contributed by atoms with Gasteiger partial charge in [-0.3, -0.25) is 0 Å². The molecular formula is C12H11NO4S2. The molecule has 0 aliphatic carbocycles. The zero-order valence-electron chi connectivity index (χ0n) is 10.3. The molecule has 5 nitrogen and oxygen atoms in total. The summed E-state index contributed by atoms with van der Waals surface area (Å²) in [6, 6.07) is 6.63. The van der Waals surface area contributed by atoms with Gasteiger partial charge in [0.15, 0.2) is 0 Å². The van der Waals surface area contributed by atoms with Gasteiger partial charge in [0.2, 0.25) is 14.2 Å². The largest absolute Gasteiger partial charge is 0.465 e. The fraction of sp³-hybridized carbons (Fsp3) is 0.167. The van der Waals surface area contributed by atoms with Crippen molar-refractivity contribution in [3.63, 3.8) is 0 Å². The first-order valence-electron chi connectivity index (χ1n) is 5.26. The van der Waals surface area contributed by atoms with E-state index in [1.807, 2.05) is 0 Å². The van der Waals surface area contributed by atoms with E-state index in [0.29, 0.717) is 11.3 Å². The molecule has 0 fully saturated rings. The van der Waals surface area contributed by atoms with E-state index in [-0.39, 0.29) is 4.34 Å². The minimum atomic E-state index is -3.28. The lowest BCUT2D eigenvalue weighted by Crippen LogP contribution is -2.00. The highest BCUT2D eigenvalue weighted by atomic mass is 32.2. The van der Waals surface area contributed by atoms with Crippen molar-refractivity contribution in [3.05, 3.63) is 35.2 Å². The minimum absolute atomic E-state index is 0.0829. The van der Waals surface area contributed by atoms with Crippen LogP contribution in [0.2, 0.25) is 0 Å². The predicted molar refractivity (Wildman–Crippen MR) is 72.0 cm³/mol. The predicted octanol–water partition coefficient (Wildman–Crippen LogP) is 2.00. The molecule has 0 amide bonds. The fourth-order valence-electron chi connectivity index (χ4n) is 1.46. The monoisotopic (exact) mass is 297 g/mol. The van der Waals surface area contributed by atoms with Gasteiger partial charge in [-0.2, -0.15) is 0 Å². The van der Waals surface area contributed by atoms with Crippen LogP contribution in [0.25, 0.3) is 11.3 Å². The Labute approximate surface area is 114 Å². The standard InChI is InChI=1S/C12H11NO4S2/c1-17-11(14)9-5-3-8(4-6-9)10-7-18-12(13-10)19(2,15)16/h3-7H,1-2H3. The van der Waals surface area contributed by atoms with Crippen molar-refractivity contribution in [2.24, 2.45) is 0 Å². The molecule has 2 rings (SSSR count). The highest BCUT2D eigenvalue weighted by Gasteiger charge is 2.14. The van der Waals surface area contributed by atoms with Crippen LogP contribution in [0.5, 0.6) is 0 Å². The molecule has 0 N–H and O–H groups in total. The quantitative estimate of drug-likeness (QED) is 0.810. The number of methoxy groups -OCH3 is 1. The van der Waals surface area contributed by atoms with Crippen molar-refractivity contribution in [2.75, 3.05) is 13.4 Å². The average Bonchev–Trinajstić information content (AvgIpc) is 2.87. The van der Waals surface area contributed by atoms with Gasteiger partial charge in [-0.15, -0.1) is 11.3 Å². The van der Waals surface area contributed by atoms with Crippen LogP contribution in [0.4, 0.5) is 0 Å². The molecule has 0 bridgehead atoms. The van der Waals surface area contributed by atoms with Crippen molar-refractivity contribution >= 4 is 27.1 Å². The second-order valence-corrected chi connectivity index (χ2v) is 6.89. The molecule has 0 saturated carbocycles. The van der Waals surface area contributed by atoms with E-state index in [4.69, 9.17) is 0 Å². The Morgan fingerprint density at radius 2 is 1.89 bits per heavy atom. The van der Waals surface area contributed by atoms with Gasteiger partial charge in [0.1, 0.15) is 0 Å². The molecule has 2 aromatic rings. The fourth-order valence-corrected chi connectivity index (χ4v) is 3.12. The molecular weight excluding hydrogens is 286 g/mol. The lowest BCUT2D eigenvalue weighted by atomic mass is 10.1. The van der Waals surface area contributed by atoms with E-state index < -0.39 is 15.8 Å². The smallest absolute Gasteiger partial charge is 0.337 e. The summed E-state index contributed by atoms with van der Waals surface area (Å²) in [7, 11) is -1.97. The van der Waals surface area contributed by atoms with Crippen molar-refractivity contribution in [3.8, 4) is 11.3 Å². The van der Waals surface area contributed by atoms with Gasteiger partial charge in [0.25, 0.3) is 0 Å². The first-order valence-corrected chi connectivity index (χ1v) is 8.03. The molecule has 7 heteroatoms. The van der Waals surface area contributed by atoms with Crippen molar-refractivity contribution < 1.29 is 17.9 Å². The SMILES string of the molecule is COC(=O)c1ccc(-c2csc(S(C)(=O)=O)n2)cc1. The molecule has 1 aromatic heterocycles. The second-order valence-electron chi connectivity index (χ2n) is 3.84. The highest BCUT2D eigenvalue weighted by molar-refractivity contribution is 7.92. The minimum Gasteiger partial charge on any atom is -0.465 e.